The van der Waals surface area contributed by atoms with E-state index in [1.807, 2.05) is 6.92 Å². The molecule has 1 aromatic rings. The number of aromatic nitrogens is 1. The summed E-state index contributed by atoms with van der Waals surface area (Å²) >= 11 is 2.89. The number of thiazole rings is 1. The van der Waals surface area contributed by atoms with Crippen molar-refractivity contribution in [1.29, 1.82) is 0 Å². The number of aliphatic hydroxyl groups excluding tert-OH is 1. The maximum atomic E-state index is 12.6. The smallest absolute Gasteiger partial charge is 0.543 e. The Balaban J connectivity index is 0.00000274. The van der Waals surface area contributed by atoms with Crippen LogP contribution in [0.2, 0.25) is 0 Å². The summed E-state index contributed by atoms with van der Waals surface area (Å²) in [4.78, 5) is 47.2. The normalized spacial score (nSPS) is 27.7. The Kier molecular flexibility index (Phi) is 7.68. The van der Waals surface area contributed by atoms with Crippen LogP contribution in [0.3, 0.4) is 0 Å². The van der Waals surface area contributed by atoms with Gasteiger partial charge in [-0.2, -0.15) is 0 Å². The van der Waals surface area contributed by atoms with Crippen LogP contribution in [0.5, 0.6) is 0 Å². The van der Waals surface area contributed by atoms with E-state index in [0.717, 1.165) is 5.13 Å². The van der Waals surface area contributed by atoms with Gasteiger partial charge in [0, 0.05) is 47.6 Å². The van der Waals surface area contributed by atoms with Crippen molar-refractivity contribution in [3.8, 4) is 0 Å². The molecule has 0 unspecified atom stereocenters. The first-order valence-electron chi connectivity index (χ1n) is 11.0. The number of hydrogen-bond acceptors (Lipinski definition) is 10. The molecule has 5 rings (SSSR count). The molecule has 4 aliphatic heterocycles. The summed E-state index contributed by atoms with van der Waals surface area (Å²) in [5.41, 5.74) is 0.386. The fourth-order valence-electron chi connectivity index (χ4n) is 4.95. The van der Waals surface area contributed by atoms with Gasteiger partial charge in [0.15, 0.2) is 5.13 Å². The van der Waals surface area contributed by atoms with E-state index in [1.54, 1.807) is 17.2 Å². The van der Waals surface area contributed by atoms with Crippen LogP contribution in [-0.4, -0.2) is 94.5 Å². The van der Waals surface area contributed by atoms with Crippen LogP contribution in [0.4, 0.5) is 5.13 Å². The van der Waals surface area contributed by atoms with E-state index in [4.69, 9.17) is 4.74 Å². The molecule has 178 valence electrons. The van der Waals surface area contributed by atoms with Crippen molar-refractivity contribution in [1.82, 2.24) is 14.8 Å². The predicted molar refractivity (Wildman–Crippen MR) is 119 cm³/mol. The number of thioether (sulfide) groups is 1. The second-order valence-corrected chi connectivity index (χ2v) is 11.0. The van der Waals surface area contributed by atoms with E-state index in [1.165, 1.54) is 28.0 Å². The number of aliphatic carboxylic acids is 1. The topological polar surface area (TPSA) is 126 Å². The summed E-state index contributed by atoms with van der Waals surface area (Å²) in [6.07, 6.45) is -0.827. The average molecular weight is 517 g/mol. The van der Waals surface area contributed by atoms with Gasteiger partial charge in [0.25, 0.3) is 5.91 Å². The van der Waals surface area contributed by atoms with E-state index in [-0.39, 0.29) is 64.3 Å². The van der Waals surface area contributed by atoms with Crippen molar-refractivity contribution in [2.24, 2.45) is 11.8 Å². The van der Waals surface area contributed by atoms with Gasteiger partial charge in [-0.3, -0.25) is 9.59 Å². The molecule has 34 heavy (non-hydrogen) atoms. The SMILES string of the molecule is C[C@@H](O)[C@H]1C(=O)N2C(C(=O)[O-])=C(SC3CN(c4nc(C(=O)N5CCOCC5)cs4)C3)[C@H](C)[C@H]12.[Na+]. The Bertz CT molecular complexity index is 1020. The number of carbonyl (C=O) groups excluding carboxylic acids is 3. The molecule has 5 heterocycles. The van der Waals surface area contributed by atoms with E-state index in [9.17, 15) is 24.6 Å². The first-order valence-corrected chi connectivity index (χ1v) is 12.7. The van der Waals surface area contributed by atoms with Gasteiger partial charge in [-0.15, -0.1) is 23.1 Å². The third-order valence-electron chi connectivity index (χ3n) is 6.72. The van der Waals surface area contributed by atoms with Crippen molar-refractivity contribution < 1.29 is 58.9 Å². The number of β-lactam (4-membered cyclic amide) rings is 1. The molecule has 3 fully saturated rings. The number of ether oxygens (including phenoxy) is 1. The third-order valence-corrected chi connectivity index (χ3v) is 9.08. The minimum absolute atomic E-state index is 0. The molecule has 2 amide bonds. The van der Waals surface area contributed by atoms with Crippen LogP contribution in [-0.2, 0) is 14.3 Å². The molecule has 4 atom stereocenters. The molecule has 1 N–H and O–H groups in total. The van der Waals surface area contributed by atoms with Crippen molar-refractivity contribution in [2.75, 3.05) is 44.3 Å². The molecule has 13 heteroatoms. The van der Waals surface area contributed by atoms with Gasteiger partial charge in [0.2, 0.25) is 5.91 Å². The fourth-order valence-corrected chi connectivity index (χ4v) is 7.29. The average Bonchev–Trinajstić information content (AvgIpc) is 3.32. The quantitative estimate of drug-likeness (QED) is 0.301. The Hall–Kier alpha value is -1.15. The number of morpholine rings is 1. The van der Waals surface area contributed by atoms with Gasteiger partial charge >= 0.3 is 29.6 Å². The van der Waals surface area contributed by atoms with Crippen LogP contribution < -0.4 is 39.6 Å². The first-order chi connectivity index (χ1) is 15.8. The van der Waals surface area contributed by atoms with Crippen LogP contribution in [0.15, 0.2) is 16.0 Å². The zero-order valence-corrected chi connectivity index (χ0v) is 22.9. The van der Waals surface area contributed by atoms with Crippen molar-refractivity contribution >= 4 is 46.0 Å². The first kappa shape index (κ1) is 25.9. The minimum atomic E-state index is -1.35. The number of carbonyl (C=O) groups is 3. The molecule has 1 aromatic heterocycles. The maximum absolute atomic E-state index is 12.6. The second kappa shape index (κ2) is 10.1. The van der Waals surface area contributed by atoms with Gasteiger partial charge in [0.05, 0.1) is 42.9 Å². The Morgan fingerprint density at radius 1 is 1.32 bits per heavy atom. The number of hydrogen-bond donors (Lipinski definition) is 1. The molecule has 0 radical (unpaired) electrons. The number of aliphatic hydroxyl groups is 1. The van der Waals surface area contributed by atoms with Gasteiger partial charge in [-0.05, 0) is 6.92 Å². The van der Waals surface area contributed by atoms with Crippen LogP contribution >= 0.6 is 23.1 Å². The summed E-state index contributed by atoms with van der Waals surface area (Å²) in [5.74, 6) is -2.55. The zero-order valence-electron chi connectivity index (χ0n) is 19.3. The number of nitrogens with zero attached hydrogens (tertiary/aromatic N) is 4. The summed E-state index contributed by atoms with van der Waals surface area (Å²) in [7, 11) is 0. The molecule has 0 bridgehead atoms. The van der Waals surface area contributed by atoms with Gasteiger partial charge in [-0.1, -0.05) is 6.92 Å². The molecular weight excluding hydrogens is 491 g/mol. The Labute approximate surface area is 227 Å². The molecule has 4 aliphatic rings. The second-order valence-electron chi connectivity index (χ2n) is 8.82. The number of carboxylic acids is 1. The largest absolute Gasteiger partial charge is 1.00 e. The molecule has 0 spiro atoms. The van der Waals surface area contributed by atoms with Gasteiger partial charge in [-0.25, -0.2) is 4.98 Å². The Morgan fingerprint density at radius 3 is 2.62 bits per heavy atom. The van der Waals surface area contributed by atoms with Crippen molar-refractivity contribution in [3.63, 3.8) is 0 Å². The molecule has 3 saturated heterocycles. The molecule has 0 saturated carbocycles. The van der Waals surface area contributed by atoms with Crippen LogP contribution in [0, 0.1) is 11.8 Å². The summed E-state index contributed by atoms with van der Waals surface area (Å²) in [6, 6.07) is -0.336. The monoisotopic (exact) mass is 516 g/mol. The van der Waals surface area contributed by atoms with Gasteiger partial charge < -0.3 is 34.4 Å². The Morgan fingerprint density at radius 2 is 2.00 bits per heavy atom. The van der Waals surface area contributed by atoms with E-state index in [2.05, 4.69) is 9.88 Å². The third kappa shape index (κ3) is 4.31. The molecule has 0 aliphatic carbocycles. The number of rotatable bonds is 6. The van der Waals surface area contributed by atoms with Gasteiger partial charge in [0.1, 0.15) is 5.69 Å². The van der Waals surface area contributed by atoms with E-state index < -0.39 is 18.0 Å². The molecular formula is C21H25N4NaO6S2. The van der Waals surface area contributed by atoms with Crippen molar-refractivity contribution in [3.05, 3.63) is 21.7 Å². The van der Waals surface area contributed by atoms with E-state index >= 15 is 0 Å². The van der Waals surface area contributed by atoms with Crippen LogP contribution in [0.1, 0.15) is 24.3 Å². The number of anilines is 1. The fraction of sp³-hybridized carbons (Fsp3) is 0.619. The predicted octanol–water partition coefficient (Wildman–Crippen LogP) is -3.64. The number of carboxylic acid groups (broad SMARTS) is 1. The summed E-state index contributed by atoms with van der Waals surface area (Å²) in [5, 5.41) is 24.5. The standard InChI is InChI=1S/C21H26N4O6S2.Na/c1-10-15-14(11(2)26)19(28)25(15)16(20(29)30)17(10)33-12-7-24(8-12)21-22-13(9-32-21)18(27)23-3-5-31-6-4-23;/h9-12,14-15,26H,3-8H2,1-2H3,(H,29,30);/q;+1/p-1/t10-,11-,14-,15-;/m1./s1. The summed E-state index contributed by atoms with van der Waals surface area (Å²) in [6.45, 7) is 7.01. The molecule has 0 aromatic carbocycles. The summed E-state index contributed by atoms with van der Waals surface area (Å²) < 4.78 is 5.29. The molecule has 10 nitrogen and oxygen atoms in total. The number of amides is 2. The van der Waals surface area contributed by atoms with Crippen molar-refractivity contribution in [2.45, 2.75) is 31.2 Å². The zero-order chi connectivity index (χ0) is 23.4. The van der Waals surface area contributed by atoms with E-state index in [0.29, 0.717) is 50.0 Å². The van der Waals surface area contributed by atoms with Crippen LogP contribution in [0.25, 0.3) is 0 Å². The number of fused-ring (bicyclic) bond motifs is 1. The minimum Gasteiger partial charge on any atom is -0.543 e. The maximum Gasteiger partial charge on any atom is 1.00 e.